The maximum absolute atomic E-state index is 12.9. The molecule has 0 N–H and O–H groups in total. The molecule has 0 aromatic heterocycles. The van der Waals surface area contributed by atoms with E-state index in [1.807, 2.05) is 12.1 Å². The summed E-state index contributed by atoms with van der Waals surface area (Å²) in [5.74, 6) is 0.984. The molecule has 1 amide bonds. The molecule has 2 heterocycles. The number of hydrogen-bond acceptors (Lipinski definition) is 3. The lowest BCUT2D eigenvalue weighted by Gasteiger charge is -2.37. The zero-order chi connectivity index (χ0) is 19.1. The molecule has 2 fully saturated rings. The van der Waals surface area contributed by atoms with E-state index in [9.17, 15) is 4.79 Å². The minimum Gasteiger partial charge on any atom is -0.483 e. The number of hydrogen-bond donors (Lipinski definition) is 0. The molecule has 0 aliphatic carbocycles. The van der Waals surface area contributed by atoms with E-state index < -0.39 is 0 Å². The van der Waals surface area contributed by atoms with E-state index in [0.717, 1.165) is 43.7 Å². The van der Waals surface area contributed by atoms with E-state index >= 15 is 0 Å². The molecule has 1 aromatic rings. The molecule has 1 aromatic carbocycles. The Morgan fingerprint density at radius 1 is 1.04 bits per heavy atom. The van der Waals surface area contributed by atoms with Crippen molar-refractivity contribution in [3.8, 4) is 5.75 Å². The number of carbonyl (C=O) groups excluding carboxylic acids is 1. The minimum atomic E-state index is 0.150. The van der Waals surface area contributed by atoms with Crippen molar-refractivity contribution in [2.24, 2.45) is 0 Å². The van der Waals surface area contributed by atoms with Gasteiger partial charge in [0.15, 0.2) is 6.61 Å². The van der Waals surface area contributed by atoms with Crippen LogP contribution in [0.5, 0.6) is 5.75 Å². The molecular formula is C23H36N2O2. The smallest absolute Gasteiger partial charge is 0.260 e. The second-order valence-corrected chi connectivity index (χ2v) is 8.27. The summed E-state index contributed by atoms with van der Waals surface area (Å²) in [7, 11) is 0. The monoisotopic (exact) mass is 372 g/mol. The molecule has 1 atom stereocenters. The number of rotatable bonds is 6. The largest absolute Gasteiger partial charge is 0.483 e. The highest BCUT2D eigenvalue weighted by molar-refractivity contribution is 5.78. The Balaban J connectivity index is 1.52. The van der Waals surface area contributed by atoms with Crippen molar-refractivity contribution in [1.29, 1.82) is 0 Å². The van der Waals surface area contributed by atoms with Crippen LogP contribution in [0.1, 0.15) is 62.5 Å². The third-order valence-electron chi connectivity index (χ3n) is 6.33. The SMILES string of the molecule is Cc1cccc(OCC(=O)N2CCCC[C@H]2CCN2CCCCCC2)c1C. The fourth-order valence-electron chi connectivity index (χ4n) is 4.42. The third-order valence-corrected chi connectivity index (χ3v) is 6.33. The highest BCUT2D eigenvalue weighted by Crippen LogP contribution is 2.23. The molecule has 2 aliphatic rings. The summed E-state index contributed by atoms with van der Waals surface area (Å²) in [5, 5.41) is 0. The lowest BCUT2D eigenvalue weighted by molar-refractivity contribution is -0.137. The Bertz CT molecular complexity index is 608. The van der Waals surface area contributed by atoms with E-state index in [-0.39, 0.29) is 12.5 Å². The summed E-state index contributed by atoms with van der Waals surface area (Å²) >= 11 is 0. The van der Waals surface area contributed by atoms with Crippen LogP contribution in [0.4, 0.5) is 0 Å². The lowest BCUT2D eigenvalue weighted by atomic mass is 9.99. The standard InChI is InChI=1S/C23H36N2O2/c1-19-10-9-12-22(20(19)2)27-18-23(26)25-16-8-5-11-21(25)13-17-24-14-6-3-4-7-15-24/h9-10,12,21H,3-8,11,13-18H2,1-2H3/t21-/m0/s1. The van der Waals surface area contributed by atoms with Crippen molar-refractivity contribution in [2.45, 2.75) is 71.3 Å². The summed E-state index contributed by atoms with van der Waals surface area (Å²) in [6.45, 7) is 8.77. The van der Waals surface area contributed by atoms with Crippen LogP contribution in [-0.2, 0) is 4.79 Å². The number of carbonyl (C=O) groups is 1. The van der Waals surface area contributed by atoms with E-state index in [0.29, 0.717) is 6.04 Å². The van der Waals surface area contributed by atoms with Crippen LogP contribution in [0.3, 0.4) is 0 Å². The van der Waals surface area contributed by atoms with Gasteiger partial charge in [0.1, 0.15) is 5.75 Å². The molecule has 0 radical (unpaired) electrons. The topological polar surface area (TPSA) is 32.8 Å². The Kier molecular flexibility index (Phi) is 7.57. The number of nitrogens with zero attached hydrogens (tertiary/aromatic N) is 2. The van der Waals surface area contributed by atoms with Crippen molar-refractivity contribution in [2.75, 3.05) is 32.8 Å². The molecule has 0 saturated carbocycles. The van der Waals surface area contributed by atoms with Crippen LogP contribution in [0.25, 0.3) is 0 Å². The number of aryl methyl sites for hydroxylation is 1. The fraction of sp³-hybridized carbons (Fsp3) is 0.696. The van der Waals surface area contributed by atoms with Gasteiger partial charge in [-0.15, -0.1) is 0 Å². The zero-order valence-corrected chi connectivity index (χ0v) is 17.2. The van der Waals surface area contributed by atoms with Crippen LogP contribution < -0.4 is 4.74 Å². The van der Waals surface area contributed by atoms with Gasteiger partial charge in [0.2, 0.25) is 0 Å². The third kappa shape index (κ3) is 5.71. The molecule has 4 heteroatoms. The summed E-state index contributed by atoms with van der Waals surface area (Å²) in [5.41, 5.74) is 2.33. The quantitative estimate of drug-likeness (QED) is 0.745. The van der Waals surface area contributed by atoms with Gasteiger partial charge >= 0.3 is 0 Å². The molecule has 0 bridgehead atoms. The van der Waals surface area contributed by atoms with Gasteiger partial charge in [-0.25, -0.2) is 0 Å². The molecule has 150 valence electrons. The van der Waals surface area contributed by atoms with Crippen LogP contribution in [0.15, 0.2) is 18.2 Å². The van der Waals surface area contributed by atoms with Crippen LogP contribution in [-0.4, -0.2) is 54.5 Å². The van der Waals surface area contributed by atoms with Crippen molar-refractivity contribution in [3.05, 3.63) is 29.3 Å². The van der Waals surface area contributed by atoms with Crippen LogP contribution in [0, 0.1) is 13.8 Å². The molecule has 3 rings (SSSR count). The second-order valence-electron chi connectivity index (χ2n) is 8.27. The molecular weight excluding hydrogens is 336 g/mol. The number of benzene rings is 1. The van der Waals surface area contributed by atoms with Crippen molar-refractivity contribution in [1.82, 2.24) is 9.80 Å². The van der Waals surface area contributed by atoms with Crippen LogP contribution in [0.2, 0.25) is 0 Å². The number of likely N-dealkylation sites (tertiary alicyclic amines) is 2. The van der Waals surface area contributed by atoms with Gasteiger partial charge in [0.05, 0.1) is 0 Å². The predicted octanol–water partition coefficient (Wildman–Crippen LogP) is 4.33. The predicted molar refractivity (Wildman–Crippen MR) is 110 cm³/mol. The summed E-state index contributed by atoms with van der Waals surface area (Å²) in [6.07, 6.45) is 10.0. The van der Waals surface area contributed by atoms with Gasteiger partial charge in [0.25, 0.3) is 5.91 Å². The maximum atomic E-state index is 12.9. The average Bonchev–Trinajstić information content (AvgIpc) is 2.96. The van der Waals surface area contributed by atoms with Gasteiger partial charge in [-0.2, -0.15) is 0 Å². The second kappa shape index (κ2) is 10.1. The molecule has 2 saturated heterocycles. The Morgan fingerprint density at radius 2 is 1.78 bits per heavy atom. The molecule has 0 unspecified atom stereocenters. The molecule has 2 aliphatic heterocycles. The van der Waals surface area contributed by atoms with Gasteiger partial charge < -0.3 is 14.5 Å². The van der Waals surface area contributed by atoms with Gasteiger partial charge in [-0.05, 0) is 82.7 Å². The highest BCUT2D eigenvalue weighted by Gasteiger charge is 2.27. The zero-order valence-electron chi connectivity index (χ0n) is 17.2. The molecule has 27 heavy (non-hydrogen) atoms. The maximum Gasteiger partial charge on any atom is 0.260 e. The first-order valence-corrected chi connectivity index (χ1v) is 10.9. The summed E-state index contributed by atoms with van der Waals surface area (Å²) in [6, 6.07) is 6.42. The van der Waals surface area contributed by atoms with E-state index in [4.69, 9.17) is 4.74 Å². The highest BCUT2D eigenvalue weighted by atomic mass is 16.5. The van der Waals surface area contributed by atoms with Crippen LogP contribution >= 0.6 is 0 Å². The van der Waals surface area contributed by atoms with Crippen molar-refractivity contribution >= 4 is 5.91 Å². The Morgan fingerprint density at radius 3 is 2.56 bits per heavy atom. The number of ether oxygens (including phenoxy) is 1. The van der Waals surface area contributed by atoms with Crippen molar-refractivity contribution in [3.63, 3.8) is 0 Å². The molecule has 0 spiro atoms. The summed E-state index contributed by atoms with van der Waals surface area (Å²) in [4.78, 5) is 17.6. The van der Waals surface area contributed by atoms with Gasteiger partial charge in [0, 0.05) is 19.1 Å². The first-order valence-electron chi connectivity index (χ1n) is 10.9. The normalized spacial score (nSPS) is 21.7. The number of piperidine rings is 1. The minimum absolute atomic E-state index is 0.150. The Hall–Kier alpha value is -1.55. The first kappa shape index (κ1) is 20.2. The first-order chi connectivity index (χ1) is 13.1. The lowest BCUT2D eigenvalue weighted by Crippen LogP contribution is -2.47. The number of amides is 1. The van der Waals surface area contributed by atoms with E-state index in [1.165, 1.54) is 50.8 Å². The molecule has 4 nitrogen and oxygen atoms in total. The Labute approximate surface area is 164 Å². The fourth-order valence-corrected chi connectivity index (χ4v) is 4.42. The van der Waals surface area contributed by atoms with Crippen molar-refractivity contribution < 1.29 is 9.53 Å². The van der Waals surface area contributed by atoms with E-state index in [2.05, 4.69) is 29.7 Å². The summed E-state index contributed by atoms with van der Waals surface area (Å²) < 4.78 is 5.89. The van der Waals surface area contributed by atoms with E-state index in [1.54, 1.807) is 0 Å². The van der Waals surface area contributed by atoms with Gasteiger partial charge in [-0.3, -0.25) is 4.79 Å². The average molecular weight is 373 g/mol. The van der Waals surface area contributed by atoms with Gasteiger partial charge in [-0.1, -0.05) is 25.0 Å².